The van der Waals surface area contributed by atoms with E-state index in [1.54, 1.807) is 14.2 Å². The molecule has 1 heterocycles. The summed E-state index contributed by atoms with van der Waals surface area (Å²) >= 11 is 0. The summed E-state index contributed by atoms with van der Waals surface area (Å²) in [5.41, 5.74) is 1.08. The smallest absolute Gasteiger partial charge is 0.225 e. The van der Waals surface area contributed by atoms with Crippen molar-refractivity contribution in [2.75, 3.05) is 33.9 Å². The molecule has 0 bridgehead atoms. The number of carbonyl (C=O) groups excluding carboxylic acids is 1. The number of hydrogen-bond acceptors (Lipinski definition) is 4. The lowest BCUT2D eigenvalue weighted by atomic mass is 9.88. The van der Waals surface area contributed by atoms with Gasteiger partial charge in [0.25, 0.3) is 0 Å². The van der Waals surface area contributed by atoms with Crippen LogP contribution in [0.2, 0.25) is 0 Å². The Kier molecular flexibility index (Phi) is 10.7. The topological polar surface area (TPSA) is 75.2 Å². The van der Waals surface area contributed by atoms with Crippen LogP contribution >= 0.6 is 24.0 Å². The molecule has 3 rings (SSSR count). The SMILES string of the molecule is CCOc1ccc(CNC(=NC)NC2CCN(C(=O)C3CCCCC3)C2)cc1OC.I. The predicted molar refractivity (Wildman–Crippen MR) is 134 cm³/mol. The Balaban J connectivity index is 0.00000341. The number of nitrogens with zero attached hydrogens (tertiary/aromatic N) is 2. The molecular weight excluding hydrogens is 507 g/mol. The molecule has 0 aromatic heterocycles. The highest BCUT2D eigenvalue weighted by molar-refractivity contribution is 14.0. The second kappa shape index (κ2) is 13.0. The normalized spacial score (nSPS) is 19.5. The monoisotopic (exact) mass is 544 g/mol. The van der Waals surface area contributed by atoms with Crippen molar-refractivity contribution in [1.29, 1.82) is 0 Å². The first-order valence-electron chi connectivity index (χ1n) is 11.2. The van der Waals surface area contributed by atoms with E-state index in [1.165, 1.54) is 19.3 Å². The van der Waals surface area contributed by atoms with E-state index >= 15 is 0 Å². The zero-order valence-electron chi connectivity index (χ0n) is 19.0. The lowest BCUT2D eigenvalue weighted by Crippen LogP contribution is -2.45. The van der Waals surface area contributed by atoms with Crippen molar-refractivity contribution in [3.63, 3.8) is 0 Å². The number of methoxy groups -OCH3 is 1. The first-order valence-corrected chi connectivity index (χ1v) is 11.2. The second-order valence-corrected chi connectivity index (χ2v) is 8.09. The van der Waals surface area contributed by atoms with Gasteiger partial charge in [0.15, 0.2) is 17.5 Å². The van der Waals surface area contributed by atoms with Gasteiger partial charge in [-0.3, -0.25) is 9.79 Å². The molecule has 7 nitrogen and oxygen atoms in total. The Morgan fingerprint density at radius 3 is 2.65 bits per heavy atom. The van der Waals surface area contributed by atoms with Gasteiger partial charge in [-0.15, -0.1) is 24.0 Å². The highest BCUT2D eigenvalue weighted by atomic mass is 127. The Bertz CT molecular complexity index is 738. The molecule has 2 aliphatic rings. The number of guanidine groups is 1. The van der Waals surface area contributed by atoms with Crippen LogP contribution in [-0.4, -0.2) is 56.7 Å². The van der Waals surface area contributed by atoms with Crippen LogP contribution in [0.3, 0.4) is 0 Å². The zero-order chi connectivity index (χ0) is 21.3. The van der Waals surface area contributed by atoms with Gasteiger partial charge >= 0.3 is 0 Å². The minimum atomic E-state index is 0. The Morgan fingerprint density at radius 1 is 1.19 bits per heavy atom. The molecule has 0 spiro atoms. The van der Waals surface area contributed by atoms with E-state index in [1.807, 2.05) is 30.0 Å². The summed E-state index contributed by atoms with van der Waals surface area (Å²) in [7, 11) is 3.42. The lowest BCUT2D eigenvalue weighted by Gasteiger charge is -2.26. The maximum atomic E-state index is 12.8. The van der Waals surface area contributed by atoms with Gasteiger partial charge in [0.1, 0.15) is 0 Å². The number of amides is 1. The summed E-state index contributed by atoms with van der Waals surface area (Å²) < 4.78 is 11.0. The van der Waals surface area contributed by atoms with E-state index in [0.29, 0.717) is 19.1 Å². The lowest BCUT2D eigenvalue weighted by molar-refractivity contribution is -0.135. The van der Waals surface area contributed by atoms with E-state index in [2.05, 4.69) is 15.6 Å². The minimum absolute atomic E-state index is 0. The van der Waals surface area contributed by atoms with Gasteiger partial charge in [0.2, 0.25) is 5.91 Å². The van der Waals surface area contributed by atoms with Crippen LogP contribution in [0, 0.1) is 5.92 Å². The number of hydrogen-bond donors (Lipinski definition) is 2. The number of ether oxygens (including phenoxy) is 2. The van der Waals surface area contributed by atoms with Crippen LogP contribution < -0.4 is 20.1 Å². The Morgan fingerprint density at radius 2 is 1.97 bits per heavy atom. The summed E-state index contributed by atoms with van der Waals surface area (Å²) in [6.45, 7) is 4.77. The summed E-state index contributed by atoms with van der Waals surface area (Å²) in [5, 5.41) is 6.83. The average molecular weight is 544 g/mol. The van der Waals surface area contributed by atoms with Gasteiger partial charge in [-0.05, 0) is 43.9 Å². The van der Waals surface area contributed by atoms with E-state index in [0.717, 1.165) is 55.4 Å². The van der Waals surface area contributed by atoms with E-state index in [9.17, 15) is 4.79 Å². The third-order valence-corrected chi connectivity index (χ3v) is 6.01. The predicted octanol–water partition coefficient (Wildman–Crippen LogP) is 3.56. The van der Waals surface area contributed by atoms with Gasteiger partial charge < -0.3 is 25.0 Å². The van der Waals surface area contributed by atoms with Crippen molar-refractivity contribution in [3.05, 3.63) is 23.8 Å². The third-order valence-electron chi connectivity index (χ3n) is 6.01. The van der Waals surface area contributed by atoms with Gasteiger partial charge in [-0.2, -0.15) is 0 Å². The Labute approximate surface area is 203 Å². The molecule has 1 saturated heterocycles. The minimum Gasteiger partial charge on any atom is -0.493 e. The second-order valence-electron chi connectivity index (χ2n) is 8.09. The van der Waals surface area contributed by atoms with Gasteiger partial charge in [0.05, 0.1) is 13.7 Å². The van der Waals surface area contributed by atoms with Gasteiger partial charge in [-0.1, -0.05) is 25.3 Å². The number of halogens is 1. The van der Waals surface area contributed by atoms with E-state index < -0.39 is 0 Å². The zero-order valence-corrected chi connectivity index (χ0v) is 21.3. The van der Waals surface area contributed by atoms with Crippen molar-refractivity contribution in [3.8, 4) is 11.5 Å². The number of aliphatic imine (C=N–C) groups is 1. The molecule has 1 aromatic rings. The van der Waals surface area contributed by atoms with Crippen molar-refractivity contribution in [2.45, 2.75) is 58.0 Å². The highest BCUT2D eigenvalue weighted by Crippen LogP contribution is 2.28. The van der Waals surface area contributed by atoms with Crippen LogP contribution in [-0.2, 0) is 11.3 Å². The summed E-state index contributed by atoms with van der Waals surface area (Å²) in [5.74, 6) is 2.82. The average Bonchev–Trinajstić information content (AvgIpc) is 3.26. The first kappa shape index (κ1) is 25.5. The van der Waals surface area contributed by atoms with Crippen molar-refractivity contribution >= 4 is 35.8 Å². The van der Waals surface area contributed by atoms with Crippen LogP contribution in [0.1, 0.15) is 51.0 Å². The largest absolute Gasteiger partial charge is 0.493 e. The van der Waals surface area contributed by atoms with Crippen molar-refractivity contribution in [1.82, 2.24) is 15.5 Å². The Hall–Kier alpha value is -1.71. The summed E-state index contributed by atoms with van der Waals surface area (Å²) in [6.07, 6.45) is 6.73. The fraction of sp³-hybridized carbons (Fsp3) is 0.652. The molecule has 1 saturated carbocycles. The number of nitrogens with one attached hydrogen (secondary N) is 2. The molecule has 174 valence electrons. The molecule has 1 unspecified atom stereocenters. The number of benzene rings is 1. The van der Waals surface area contributed by atoms with Gasteiger partial charge in [0, 0.05) is 38.6 Å². The van der Waals surface area contributed by atoms with Crippen LogP contribution in [0.4, 0.5) is 0 Å². The van der Waals surface area contributed by atoms with Crippen LogP contribution in [0.15, 0.2) is 23.2 Å². The molecule has 1 aliphatic carbocycles. The van der Waals surface area contributed by atoms with E-state index in [-0.39, 0.29) is 35.9 Å². The molecule has 1 aromatic carbocycles. The van der Waals surface area contributed by atoms with Crippen LogP contribution in [0.25, 0.3) is 0 Å². The third kappa shape index (κ3) is 7.15. The molecule has 0 radical (unpaired) electrons. The van der Waals surface area contributed by atoms with E-state index in [4.69, 9.17) is 9.47 Å². The molecule has 1 atom stereocenters. The van der Waals surface area contributed by atoms with Crippen molar-refractivity contribution < 1.29 is 14.3 Å². The number of carbonyl (C=O) groups is 1. The van der Waals surface area contributed by atoms with Crippen LogP contribution in [0.5, 0.6) is 11.5 Å². The van der Waals surface area contributed by atoms with Crippen molar-refractivity contribution in [2.24, 2.45) is 10.9 Å². The number of rotatable bonds is 7. The molecule has 1 amide bonds. The molecule has 8 heteroatoms. The standard InChI is InChI=1S/C23H36N4O3.HI/c1-4-30-20-11-10-17(14-21(20)29-3)15-25-23(24-2)26-19-12-13-27(16-19)22(28)18-8-6-5-7-9-18;/h10-11,14,18-19H,4-9,12-13,15-16H2,1-3H3,(H2,24,25,26);1H. The molecule has 2 N–H and O–H groups in total. The molecule has 31 heavy (non-hydrogen) atoms. The maximum Gasteiger partial charge on any atom is 0.225 e. The molecule has 1 aliphatic heterocycles. The highest BCUT2D eigenvalue weighted by Gasteiger charge is 2.31. The number of likely N-dealkylation sites (tertiary alicyclic amines) is 1. The first-order chi connectivity index (χ1) is 14.6. The van der Waals surface area contributed by atoms with Gasteiger partial charge in [-0.25, -0.2) is 0 Å². The fourth-order valence-corrected chi connectivity index (χ4v) is 4.36. The maximum absolute atomic E-state index is 12.8. The fourth-order valence-electron chi connectivity index (χ4n) is 4.36. The summed E-state index contributed by atoms with van der Waals surface area (Å²) in [6, 6.07) is 6.17. The molecular formula is C23H37IN4O3. The quantitative estimate of drug-likeness (QED) is 0.312. The molecule has 2 fully saturated rings. The summed E-state index contributed by atoms with van der Waals surface area (Å²) in [4.78, 5) is 19.2.